The molecule has 6 nitrogen and oxygen atoms in total. The normalized spacial score (nSPS) is 19.0. The zero-order valence-electron chi connectivity index (χ0n) is 12.2. The molecule has 0 bridgehead atoms. The number of anilines is 1. The summed E-state index contributed by atoms with van der Waals surface area (Å²) in [5, 5.41) is 0.608. The van der Waals surface area contributed by atoms with E-state index in [1.807, 2.05) is 4.90 Å². The molecule has 1 N–H and O–H groups in total. The van der Waals surface area contributed by atoms with Crippen molar-refractivity contribution >= 4 is 26.7 Å². The van der Waals surface area contributed by atoms with Crippen LogP contribution < -0.4 is 9.62 Å². The van der Waals surface area contributed by atoms with Crippen molar-refractivity contribution in [2.75, 3.05) is 24.2 Å². The van der Waals surface area contributed by atoms with E-state index in [1.165, 1.54) is 25.5 Å². The van der Waals surface area contributed by atoms with Gasteiger partial charge in [-0.15, -0.1) is 0 Å². The van der Waals surface area contributed by atoms with Crippen molar-refractivity contribution in [3.05, 3.63) is 30.3 Å². The van der Waals surface area contributed by atoms with E-state index in [1.54, 1.807) is 6.07 Å². The van der Waals surface area contributed by atoms with Crippen molar-refractivity contribution in [1.82, 2.24) is 14.7 Å². The first-order valence-corrected chi connectivity index (χ1v) is 8.73. The van der Waals surface area contributed by atoms with Gasteiger partial charge in [-0.05, 0) is 38.1 Å². The third kappa shape index (κ3) is 2.89. The number of fused-ring (bicyclic) bond motifs is 1. The highest BCUT2D eigenvalue weighted by Crippen LogP contribution is 2.30. The van der Waals surface area contributed by atoms with Gasteiger partial charge in [-0.2, -0.15) is 0 Å². The minimum absolute atomic E-state index is 0.00428. The smallest absolute Gasteiger partial charge is 0.213 e. The van der Waals surface area contributed by atoms with Gasteiger partial charge in [0.1, 0.15) is 18.0 Å². The second kappa shape index (κ2) is 5.77. The number of nitrogens with one attached hydrogen (secondary N) is 1. The van der Waals surface area contributed by atoms with Crippen LogP contribution in [0.2, 0.25) is 0 Å². The SMILES string of the molecule is CNS(=O)(=O)C[C@H]1CCCN1c1ncnc2ccc(F)cc12. The van der Waals surface area contributed by atoms with E-state index < -0.39 is 10.0 Å². The van der Waals surface area contributed by atoms with Crippen LogP contribution in [0.4, 0.5) is 10.2 Å². The Labute approximate surface area is 128 Å². The third-order valence-electron chi connectivity index (χ3n) is 3.95. The van der Waals surface area contributed by atoms with E-state index in [0.717, 1.165) is 12.8 Å². The van der Waals surface area contributed by atoms with Crippen LogP contribution >= 0.6 is 0 Å². The summed E-state index contributed by atoms with van der Waals surface area (Å²) in [5.41, 5.74) is 0.647. The number of aromatic nitrogens is 2. The first-order chi connectivity index (χ1) is 10.5. The van der Waals surface area contributed by atoms with Gasteiger partial charge >= 0.3 is 0 Å². The topological polar surface area (TPSA) is 75.2 Å². The first-order valence-electron chi connectivity index (χ1n) is 7.08. The molecule has 2 heterocycles. The minimum atomic E-state index is -3.31. The Kier molecular flexibility index (Phi) is 3.96. The summed E-state index contributed by atoms with van der Waals surface area (Å²) in [7, 11) is -1.91. The van der Waals surface area contributed by atoms with Gasteiger partial charge in [0.05, 0.1) is 11.3 Å². The number of hydrogen-bond donors (Lipinski definition) is 1. The summed E-state index contributed by atoms with van der Waals surface area (Å²) < 4.78 is 39.5. The van der Waals surface area contributed by atoms with Gasteiger partial charge < -0.3 is 4.90 Å². The average Bonchev–Trinajstić information content (AvgIpc) is 2.94. The Morgan fingerprint density at radius 1 is 1.41 bits per heavy atom. The zero-order chi connectivity index (χ0) is 15.7. The van der Waals surface area contributed by atoms with Crippen LogP contribution in [0.15, 0.2) is 24.5 Å². The summed E-state index contributed by atoms with van der Waals surface area (Å²) >= 11 is 0. The van der Waals surface area contributed by atoms with Gasteiger partial charge in [-0.25, -0.2) is 27.5 Å². The van der Waals surface area contributed by atoms with Crippen LogP contribution in [0.25, 0.3) is 10.9 Å². The molecule has 0 unspecified atom stereocenters. The summed E-state index contributed by atoms with van der Waals surface area (Å²) in [6.45, 7) is 0.701. The van der Waals surface area contributed by atoms with E-state index in [-0.39, 0.29) is 17.6 Å². The number of benzene rings is 1. The standard InChI is InChI=1S/C14H17FN4O2S/c1-16-22(20,21)8-11-3-2-6-19(11)14-12-7-10(15)4-5-13(12)17-9-18-14/h4-5,7,9,11,16H,2-3,6,8H2,1H3/t11-/m1/s1. The quantitative estimate of drug-likeness (QED) is 0.917. The lowest BCUT2D eigenvalue weighted by Gasteiger charge is -2.26. The monoisotopic (exact) mass is 324 g/mol. The maximum atomic E-state index is 13.5. The molecule has 1 saturated heterocycles. The predicted octanol–water partition coefficient (Wildman–Crippen LogP) is 1.29. The van der Waals surface area contributed by atoms with E-state index in [9.17, 15) is 12.8 Å². The molecule has 1 atom stereocenters. The van der Waals surface area contributed by atoms with Crippen LogP contribution in [0.1, 0.15) is 12.8 Å². The maximum absolute atomic E-state index is 13.5. The molecule has 0 spiro atoms. The number of hydrogen-bond acceptors (Lipinski definition) is 5. The molecule has 0 aliphatic carbocycles. The molecule has 0 saturated carbocycles. The van der Waals surface area contributed by atoms with Crippen LogP contribution in [0.3, 0.4) is 0 Å². The molecule has 3 rings (SSSR count). The largest absolute Gasteiger partial charge is 0.352 e. The molecule has 1 aromatic heterocycles. The second-order valence-corrected chi connectivity index (χ2v) is 7.30. The van der Waals surface area contributed by atoms with Gasteiger partial charge in [-0.1, -0.05) is 0 Å². The Hall–Kier alpha value is -1.80. The van der Waals surface area contributed by atoms with Crippen LogP contribution in [-0.2, 0) is 10.0 Å². The Bertz CT molecular complexity index is 797. The van der Waals surface area contributed by atoms with Crippen LogP contribution in [-0.4, -0.2) is 43.8 Å². The zero-order valence-corrected chi connectivity index (χ0v) is 13.0. The molecule has 2 aromatic rings. The molecule has 0 amide bonds. The lowest BCUT2D eigenvalue weighted by molar-refractivity contribution is 0.577. The molecule has 22 heavy (non-hydrogen) atoms. The molecule has 118 valence electrons. The van der Waals surface area contributed by atoms with Crippen molar-refractivity contribution in [3.8, 4) is 0 Å². The van der Waals surface area contributed by atoms with Gasteiger partial charge in [0.15, 0.2) is 0 Å². The fraction of sp³-hybridized carbons (Fsp3) is 0.429. The number of halogens is 1. The van der Waals surface area contributed by atoms with E-state index >= 15 is 0 Å². The van der Waals surface area contributed by atoms with Gasteiger partial charge in [0, 0.05) is 18.0 Å². The van der Waals surface area contributed by atoms with Crippen molar-refractivity contribution in [2.45, 2.75) is 18.9 Å². The molecular weight excluding hydrogens is 307 g/mol. The fourth-order valence-corrected chi connectivity index (χ4v) is 3.89. The Morgan fingerprint density at radius 2 is 2.23 bits per heavy atom. The summed E-state index contributed by atoms with van der Waals surface area (Å²) in [6.07, 6.45) is 3.07. The molecular formula is C14H17FN4O2S. The highest BCUT2D eigenvalue weighted by Gasteiger charge is 2.30. The molecule has 0 radical (unpaired) electrons. The van der Waals surface area contributed by atoms with Gasteiger partial charge in [0.2, 0.25) is 10.0 Å². The van der Waals surface area contributed by atoms with Crippen LogP contribution in [0, 0.1) is 5.82 Å². The predicted molar refractivity (Wildman–Crippen MR) is 82.7 cm³/mol. The highest BCUT2D eigenvalue weighted by molar-refractivity contribution is 7.89. The van der Waals surface area contributed by atoms with Crippen molar-refractivity contribution in [1.29, 1.82) is 0 Å². The summed E-state index contributed by atoms with van der Waals surface area (Å²) in [4.78, 5) is 10.3. The molecule has 1 aliphatic heterocycles. The maximum Gasteiger partial charge on any atom is 0.213 e. The van der Waals surface area contributed by atoms with E-state index in [2.05, 4.69) is 14.7 Å². The number of nitrogens with zero attached hydrogens (tertiary/aromatic N) is 3. The molecule has 1 fully saturated rings. The summed E-state index contributed by atoms with van der Waals surface area (Å²) in [6, 6.07) is 4.18. The van der Waals surface area contributed by atoms with E-state index in [4.69, 9.17) is 0 Å². The minimum Gasteiger partial charge on any atom is -0.352 e. The Morgan fingerprint density at radius 3 is 3.00 bits per heavy atom. The average molecular weight is 324 g/mol. The molecule has 1 aromatic carbocycles. The lowest BCUT2D eigenvalue weighted by Crippen LogP contribution is -2.39. The first kappa shape index (κ1) is 15.1. The van der Waals surface area contributed by atoms with Crippen LogP contribution in [0.5, 0.6) is 0 Å². The molecule has 1 aliphatic rings. The number of sulfonamides is 1. The summed E-state index contributed by atoms with van der Waals surface area (Å²) in [5.74, 6) is 0.241. The third-order valence-corrected chi connectivity index (χ3v) is 5.39. The fourth-order valence-electron chi connectivity index (χ4n) is 2.87. The molecule has 8 heteroatoms. The Balaban J connectivity index is 2.01. The van der Waals surface area contributed by atoms with Crippen molar-refractivity contribution < 1.29 is 12.8 Å². The van der Waals surface area contributed by atoms with Gasteiger partial charge in [-0.3, -0.25) is 0 Å². The van der Waals surface area contributed by atoms with Crippen molar-refractivity contribution in [3.63, 3.8) is 0 Å². The number of rotatable bonds is 4. The van der Waals surface area contributed by atoms with Gasteiger partial charge in [0.25, 0.3) is 0 Å². The van der Waals surface area contributed by atoms with E-state index in [0.29, 0.717) is 23.3 Å². The van der Waals surface area contributed by atoms with Crippen molar-refractivity contribution in [2.24, 2.45) is 0 Å². The second-order valence-electron chi connectivity index (χ2n) is 5.33. The highest BCUT2D eigenvalue weighted by atomic mass is 32.2. The lowest BCUT2D eigenvalue weighted by atomic mass is 10.2.